The molecule has 0 bridgehead atoms. The van der Waals surface area contributed by atoms with E-state index in [0.717, 1.165) is 5.56 Å². The predicted molar refractivity (Wildman–Crippen MR) is 122 cm³/mol. The topological polar surface area (TPSA) is 82.7 Å². The number of benzene rings is 3. The molecule has 0 fully saturated rings. The number of nitrogens with zero attached hydrogens (tertiary/aromatic N) is 1. The summed E-state index contributed by atoms with van der Waals surface area (Å²) in [5.41, 5.74) is 2.06. The van der Waals surface area contributed by atoms with E-state index in [1.165, 1.54) is 29.2 Å². The molecule has 4 amide bonds. The van der Waals surface area contributed by atoms with Gasteiger partial charge in [0.1, 0.15) is 11.6 Å². The number of carbonyl (C=O) groups excluding carboxylic acids is 2. The molecule has 0 aliphatic heterocycles. The van der Waals surface area contributed by atoms with Crippen LogP contribution in [0.4, 0.5) is 25.4 Å². The molecule has 0 aliphatic carbocycles. The summed E-state index contributed by atoms with van der Waals surface area (Å²) in [4.78, 5) is 26.4. The van der Waals surface area contributed by atoms with Crippen molar-refractivity contribution < 1.29 is 18.7 Å². The van der Waals surface area contributed by atoms with E-state index in [1.54, 1.807) is 31.4 Å². The van der Waals surface area contributed by atoms with E-state index in [0.29, 0.717) is 23.7 Å². The van der Waals surface area contributed by atoms with E-state index < -0.39 is 11.8 Å². The number of carbonyl (C=O) groups is 2. The van der Waals surface area contributed by atoms with Gasteiger partial charge in [0.2, 0.25) is 0 Å². The number of urea groups is 2. The minimum absolute atomic E-state index is 0.187. The maximum absolute atomic E-state index is 13.4. The van der Waals surface area contributed by atoms with Crippen molar-refractivity contribution in [3.05, 3.63) is 90.2 Å². The summed E-state index contributed by atoms with van der Waals surface area (Å²) in [5, 5.41) is 8.31. The zero-order valence-corrected chi connectivity index (χ0v) is 17.7. The summed E-state index contributed by atoms with van der Waals surface area (Å²) in [6.45, 7) is 0.784. The van der Waals surface area contributed by atoms with E-state index in [-0.39, 0.29) is 19.1 Å². The van der Waals surface area contributed by atoms with Gasteiger partial charge in [0.05, 0.1) is 7.11 Å². The molecule has 0 atom stereocenters. The highest BCUT2D eigenvalue weighted by Gasteiger charge is 2.16. The first-order valence-corrected chi connectivity index (χ1v) is 10.1. The van der Waals surface area contributed by atoms with Gasteiger partial charge in [-0.25, -0.2) is 14.0 Å². The van der Waals surface area contributed by atoms with Gasteiger partial charge in [0.15, 0.2) is 0 Å². The Hall–Kier alpha value is -4.07. The molecule has 7 nitrogen and oxygen atoms in total. The van der Waals surface area contributed by atoms with Crippen LogP contribution in [0.2, 0.25) is 0 Å². The van der Waals surface area contributed by atoms with Crippen LogP contribution in [0.25, 0.3) is 0 Å². The van der Waals surface area contributed by atoms with Crippen LogP contribution in [0.5, 0.6) is 5.75 Å². The van der Waals surface area contributed by atoms with Crippen molar-refractivity contribution in [2.24, 2.45) is 0 Å². The molecule has 32 heavy (non-hydrogen) atoms. The molecule has 0 aromatic heterocycles. The van der Waals surface area contributed by atoms with Crippen LogP contribution in [-0.4, -0.2) is 32.3 Å². The Morgan fingerprint density at radius 3 is 2.25 bits per heavy atom. The van der Waals surface area contributed by atoms with Gasteiger partial charge in [-0.1, -0.05) is 30.3 Å². The zero-order chi connectivity index (χ0) is 22.8. The molecular formula is C24H25FN4O3. The number of halogens is 1. The van der Waals surface area contributed by atoms with Gasteiger partial charge in [0, 0.05) is 31.0 Å². The van der Waals surface area contributed by atoms with E-state index in [9.17, 15) is 14.0 Å². The largest absolute Gasteiger partial charge is 0.497 e. The van der Waals surface area contributed by atoms with E-state index in [4.69, 9.17) is 4.74 Å². The maximum Gasteiger partial charge on any atom is 0.326 e. The van der Waals surface area contributed by atoms with Crippen LogP contribution in [0.15, 0.2) is 78.9 Å². The lowest BCUT2D eigenvalue weighted by molar-refractivity contribution is 0.240. The van der Waals surface area contributed by atoms with E-state index in [2.05, 4.69) is 16.0 Å². The second-order valence-corrected chi connectivity index (χ2v) is 6.88. The van der Waals surface area contributed by atoms with Gasteiger partial charge < -0.3 is 20.7 Å². The highest BCUT2D eigenvalue weighted by Crippen LogP contribution is 2.19. The summed E-state index contributed by atoms with van der Waals surface area (Å²) in [6, 6.07) is 21.3. The number of ether oxygens (including phenoxy) is 1. The minimum atomic E-state index is -0.409. The maximum atomic E-state index is 13.4. The van der Waals surface area contributed by atoms with E-state index in [1.807, 2.05) is 30.3 Å². The lowest BCUT2D eigenvalue weighted by Gasteiger charge is -2.23. The van der Waals surface area contributed by atoms with Gasteiger partial charge in [-0.2, -0.15) is 0 Å². The number of anilines is 2. The number of hydrogen-bond acceptors (Lipinski definition) is 3. The number of rotatable bonds is 8. The lowest BCUT2D eigenvalue weighted by atomic mass is 10.2. The molecule has 0 radical (unpaired) electrons. The quantitative estimate of drug-likeness (QED) is 0.490. The van der Waals surface area contributed by atoms with Gasteiger partial charge >= 0.3 is 12.1 Å². The van der Waals surface area contributed by atoms with Crippen LogP contribution in [0, 0.1) is 5.82 Å². The van der Waals surface area contributed by atoms with Crippen molar-refractivity contribution in [3.8, 4) is 5.75 Å². The standard InChI is InChI=1S/C24H25FN4O3/c1-32-22-13-9-20(10-14-22)28-24(31)29(21-11-7-19(25)8-12-21)16-15-26-23(30)27-17-18-5-3-2-4-6-18/h2-14H,15-17H2,1H3,(H,28,31)(H2,26,27,30). The van der Waals surface area contributed by atoms with Crippen molar-refractivity contribution in [1.29, 1.82) is 0 Å². The zero-order valence-electron chi connectivity index (χ0n) is 17.7. The molecule has 166 valence electrons. The molecule has 0 saturated heterocycles. The van der Waals surface area contributed by atoms with Crippen LogP contribution < -0.4 is 25.6 Å². The molecule has 3 rings (SSSR count). The molecule has 3 aromatic rings. The second kappa shape index (κ2) is 11.4. The van der Waals surface area contributed by atoms with Crippen molar-refractivity contribution in [2.45, 2.75) is 6.54 Å². The molecule has 0 saturated carbocycles. The molecule has 3 aromatic carbocycles. The third-order valence-corrected chi connectivity index (χ3v) is 4.64. The smallest absolute Gasteiger partial charge is 0.326 e. The molecule has 0 spiro atoms. The van der Waals surface area contributed by atoms with Gasteiger partial charge in [-0.15, -0.1) is 0 Å². The van der Waals surface area contributed by atoms with Crippen molar-refractivity contribution >= 4 is 23.4 Å². The Kier molecular flexibility index (Phi) is 8.02. The average Bonchev–Trinajstić information content (AvgIpc) is 2.82. The number of nitrogens with one attached hydrogen (secondary N) is 3. The summed E-state index contributed by atoms with van der Waals surface area (Å²) < 4.78 is 18.5. The second-order valence-electron chi connectivity index (χ2n) is 6.88. The number of hydrogen-bond donors (Lipinski definition) is 3. The highest BCUT2D eigenvalue weighted by molar-refractivity contribution is 6.01. The molecule has 0 heterocycles. The van der Waals surface area contributed by atoms with Crippen LogP contribution in [-0.2, 0) is 6.54 Å². The number of methoxy groups -OCH3 is 1. The molecular weight excluding hydrogens is 411 g/mol. The Morgan fingerprint density at radius 2 is 1.59 bits per heavy atom. The Morgan fingerprint density at radius 1 is 0.906 bits per heavy atom. The fourth-order valence-electron chi connectivity index (χ4n) is 2.96. The molecule has 0 unspecified atom stereocenters. The van der Waals surface area contributed by atoms with Gasteiger partial charge in [0.25, 0.3) is 0 Å². The molecule has 3 N–H and O–H groups in total. The van der Waals surface area contributed by atoms with Crippen LogP contribution >= 0.6 is 0 Å². The fourth-order valence-corrected chi connectivity index (χ4v) is 2.96. The lowest BCUT2D eigenvalue weighted by Crippen LogP contribution is -2.43. The number of amides is 4. The third kappa shape index (κ3) is 6.73. The summed E-state index contributed by atoms with van der Waals surface area (Å²) in [6.07, 6.45) is 0. The van der Waals surface area contributed by atoms with Crippen molar-refractivity contribution in [2.75, 3.05) is 30.4 Å². The van der Waals surface area contributed by atoms with Crippen LogP contribution in [0.3, 0.4) is 0 Å². The average molecular weight is 436 g/mol. The first kappa shape index (κ1) is 22.6. The predicted octanol–water partition coefficient (Wildman–Crippen LogP) is 4.37. The minimum Gasteiger partial charge on any atom is -0.497 e. The highest BCUT2D eigenvalue weighted by atomic mass is 19.1. The SMILES string of the molecule is COc1ccc(NC(=O)N(CCNC(=O)NCc2ccccc2)c2ccc(F)cc2)cc1. The van der Waals surface area contributed by atoms with Crippen LogP contribution in [0.1, 0.15) is 5.56 Å². The Bertz CT molecular complexity index is 1010. The normalized spacial score (nSPS) is 10.2. The summed E-state index contributed by atoms with van der Waals surface area (Å²) in [7, 11) is 1.56. The molecule has 0 aliphatic rings. The summed E-state index contributed by atoms with van der Waals surface area (Å²) in [5.74, 6) is 0.270. The van der Waals surface area contributed by atoms with E-state index >= 15 is 0 Å². The van der Waals surface area contributed by atoms with Crippen molar-refractivity contribution in [3.63, 3.8) is 0 Å². The summed E-state index contributed by atoms with van der Waals surface area (Å²) >= 11 is 0. The third-order valence-electron chi connectivity index (χ3n) is 4.64. The first-order chi connectivity index (χ1) is 15.5. The van der Waals surface area contributed by atoms with Gasteiger partial charge in [-0.05, 0) is 54.1 Å². The first-order valence-electron chi connectivity index (χ1n) is 10.1. The van der Waals surface area contributed by atoms with Gasteiger partial charge in [-0.3, -0.25) is 4.90 Å². The van der Waals surface area contributed by atoms with Crippen molar-refractivity contribution in [1.82, 2.24) is 10.6 Å². The Labute approximate surface area is 186 Å². The fraction of sp³-hybridized carbons (Fsp3) is 0.167. The molecule has 8 heteroatoms. The Balaban J connectivity index is 1.59. The monoisotopic (exact) mass is 436 g/mol.